The Labute approximate surface area is 220 Å². The van der Waals surface area contributed by atoms with Crippen molar-refractivity contribution in [3.05, 3.63) is 57.5 Å². The number of diazo groups is 1. The fraction of sp³-hybridized carbons (Fsp3) is 0.536. The number of unbranched alkanes of at least 4 members (excludes halogenated alkanes) is 9. The third-order valence-corrected chi connectivity index (χ3v) is 6.33. The summed E-state index contributed by atoms with van der Waals surface area (Å²) in [5, 5.41) is 9.49. The number of esters is 1. The number of carbonyl (C=O) groups is 1. The van der Waals surface area contributed by atoms with Gasteiger partial charge >= 0.3 is 11.7 Å². The minimum Gasteiger partial charge on any atom is -0.462 e. The summed E-state index contributed by atoms with van der Waals surface area (Å²) in [4.78, 5) is 23.3. The van der Waals surface area contributed by atoms with Crippen LogP contribution in [0.4, 0.5) is 17.1 Å². The Kier molecular flexibility index (Phi) is 13.7. The number of ether oxygens (including phenoxy) is 1. The van der Waals surface area contributed by atoms with Crippen molar-refractivity contribution >= 4 is 34.6 Å². The minimum atomic E-state index is -0.377. The van der Waals surface area contributed by atoms with E-state index in [1.54, 1.807) is 30.3 Å². The molecule has 0 aromatic heterocycles. The molecule has 36 heavy (non-hydrogen) atoms. The standard InChI is InChI=1S/C28H40ClN4O3/c1-4-5-6-7-8-9-10-11-12-13-18-35-28(34)22-14-16-25(29)26(20-22)32-36-21-23-19-24(31-30)15-17-27(23)33(2)3/h14-17,19-20,32H,4-13,18,21H2,1-3H3/q+1. The van der Waals surface area contributed by atoms with Crippen LogP contribution in [0.3, 0.4) is 0 Å². The van der Waals surface area contributed by atoms with E-state index in [1.165, 1.54) is 51.4 Å². The van der Waals surface area contributed by atoms with Crippen LogP contribution in [-0.4, -0.2) is 26.7 Å². The van der Waals surface area contributed by atoms with Gasteiger partial charge in [-0.2, -0.15) is 0 Å². The van der Waals surface area contributed by atoms with E-state index in [-0.39, 0.29) is 12.6 Å². The van der Waals surface area contributed by atoms with E-state index in [4.69, 9.17) is 26.6 Å². The highest BCUT2D eigenvalue weighted by Crippen LogP contribution is 2.27. The molecule has 1 N–H and O–H groups in total. The Balaban J connectivity index is 1.75. The normalized spacial score (nSPS) is 10.6. The molecule has 0 fully saturated rings. The minimum absolute atomic E-state index is 0.195. The Bertz CT molecular complexity index is 991. The lowest BCUT2D eigenvalue weighted by Crippen LogP contribution is -2.13. The van der Waals surface area contributed by atoms with E-state index in [1.807, 2.05) is 25.1 Å². The maximum Gasteiger partial charge on any atom is 0.385 e. The van der Waals surface area contributed by atoms with Crippen molar-refractivity contribution in [3.8, 4) is 0 Å². The number of nitrogens with zero attached hydrogens (tertiary/aromatic N) is 3. The summed E-state index contributed by atoms with van der Waals surface area (Å²) < 4.78 is 5.45. The molecule has 0 atom stereocenters. The summed E-state index contributed by atoms with van der Waals surface area (Å²) in [5.74, 6) is -0.377. The number of hydrogen-bond donors (Lipinski definition) is 1. The van der Waals surface area contributed by atoms with Gasteiger partial charge in [-0.15, -0.1) is 0 Å². The molecule has 8 heteroatoms. The van der Waals surface area contributed by atoms with Crippen molar-refractivity contribution < 1.29 is 14.4 Å². The summed E-state index contributed by atoms with van der Waals surface area (Å²) in [7, 11) is 3.84. The molecule has 7 nitrogen and oxygen atoms in total. The molecule has 2 aromatic carbocycles. The number of nitrogens with one attached hydrogen (secondary N) is 1. The number of hydrogen-bond acceptors (Lipinski definition) is 6. The predicted octanol–water partition coefficient (Wildman–Crippen LogP) is 8.51. The molecule has 2 rings (SSSR count). The second-order valence-electron chi connectivity index (χ2n) is 9.21. The van der Waals surface area contributed by atoms with Gasteiger partial charge in [0.25, 0.3) is 0 Å². The molecule has 0 aliphatic heterocycles. The number of anilines is 2. The van der Waals surface area contributed by atoms with Crippen molar-refractivity contribution in [2.45, 2.75) is 77.7 Å². The molecule has 2 aromatic rings. The number of rotatable bonds is 17. The van der Waals surface area contributed by atoms with Crippen LogP contribution in [0.25, 0.3) is 4.98 Å². The zero-order valence-electron chi connectivity index (χ0n) is 21.9. The molecular formula is C28H40ClN4O3+. The molecule has 0 spiro atoms. The SMILES string of the molecule is CCCCCCCCCCCCOC(=O)c1ccc(Cl)c(NOCc2cc([N+]#N)ccc2N(C)C)c1. The van der Waals surface area contributed by atoms with Gasteiger partial charge in [0.2, 0.25) is 5.39 Å². The first-order valence-corrected chi connectivity index (χ1v) is 13.3. The van der Waals surface area contributed by atoms with Gasteiger partial charge in [-0.05, 0) is 30.7 Å². The average Bonchev–Trinajstić information content (AvgIpc) is 2.88. The van der Waals surface area contributed by atoms with E-state index in [9.17, 15) is 4.79 Å². The van der Waals surface area contributed by atoms with Crippen molar-refractivity contribution in [2.24, 2.45) is 0 Å². The van der Waals surface area contributed by atoms with Gasteiger partial charge in [0.1, 0.15) is 6.61 Å². The van der Waals surface area contributed by atoms with Crippen LogP contribution in [-0.2, 0) is 16.2 Å². The van der Waals surface area contributed by atoms with Gasteiger partial charge in [0.15, 0.2) is 4.98 Å². The van der Waals surface area contributed by atoms with Gasteiger partial charge in [-0.1, -0.05) is 76.3 Å². The highest BCUT2D eigenvalue weighted by atomic mass is 35.5. The van der Waals surface area contributed by atoms with Crippen LogP contribution >= 0.6 is 11.6 Å². The molecule has 0 unspecified atom stereocenters. The van der Waals surface area contributed by atoms with Gasteiger partial charge in [-0.3, -0.25) is 10.3 Å². The van der Waals surface area contributed by atoms with E-state index < -0.39 is 0 Å². The molecule has 0 aliphatic rings. The van der Waals surface area contributed by atoms with Gasteiger partial charge < -0.3 is 9.64 Å². The zero-order chi connectivity index (χ0) is 26.2. The van der Waals surface area contributed by atoms with Crippen LogP contribution in [0, 0.1) is 5.39 Å². The molecule has 0 radical (unpaired) electrons. The molecule has 0 aliphatic carbocycles. The lowest BCUT2D eigenvalue weighted by atomic mass is 10.1. The summed E-state index contributed by atoms with van der Waals surface area (Å²) >= 11 is 6.28. The van der Waals surface area contributed by atoms with Crippen molar-refractivity contribution in [1.29, 1.82) is 5.39 Å². The topological polar surface area (TPSA) is 79.0 Å². The molecule has 0 saturated carbocycles. The van der Waals surface area contributed by atoms with Crippen LogP contribution < -0.4 is 10.4 Å². The maximum absolute atomic E-state index is 12.5. The summed E-state index contributed by atoms with van der Waals surface area (Å²) in [5.41, 5.74) is 5.89. The fourth-order valence-electron chi connectivity index (χ4n) is 3.95. The number of halogens is 1. The quantitative estimate of drug-likeness (QED) is 0.0983. The van der Waals surface area contributed by atoms with Gasteiger partial charge in [-0.25, -0.2) is 4.79 Å². The third-order valence-electron chi connectivity index (χ3n) is 6.00. The first-order valence-electron chi connectivity index (χ1n) is 13.0. The van der Waals surface area contributed by atoms with Crippen LogP contribution in [0.5, 0.6) is 0 Å². The summed E-state index contributed by atoms with van der Waals surface area (Å²) in [6.07, 6.45) is 12.3. The molecule has 0 saturated heterocycles. The molecule has 0 amide bonds. The second-order valence-corrected chi connectivity index (χ2v) is 9.62. The van der Waals surface area contributed by atoms with Crippen molar-refractivity contribution in [2.75, 3.05) is 31.1 Å². The molecule has 0 bridgehead atoms. The predicted molar refractivity (Wildman–Crippen MR) is 148 cm³/mol. The zero-order valence-corrected chi connectivity index (χ0v) is 22.6. The Morgan fingerprint density at radius 2 is 1.64 bits per heavy atom. The Morgan fingerprint density at radius 1 is 0.972 bits per heavy atom. The van der Waals surface area contributed by atoms with Crippen LogP contribution in [0.15, 0.2) is 36.4 Å². The van der Waals surface area contributed by atoms with Crippen LogP contribution in [0.1, 0.15) is 87.1 Å². The Morgan fingerprint density at radius 3 is 2.28 bits per heavy atom. The highest BCUT2D eigenvalue weighted by molar-refractivity contribution is 6.33. The first-order chi connectivity index (χ1) is 17.5. The van der Waals surface area contributed by atoms with Crippen molar-refractivity contribution in [1.82, 2.24) is 0 Å². The van der Waals surface area contributed by atoms with E-state index in [2.05, 4.69) is 17.4 Å². The average molecular weight is 516 g/mol. The van der Waals surface area contributed by atoms with E-state index in [0.717, 1.165) is 24.1 Å². The monoisotopic (exact) mass is 515 g/mol. The largest absolute Gasteiger partial charge is 0.462 e. The maximum atomic E-state index is 12.5. The smallest absolute Gasteiger partial charge is 0.385 e. The Hall–Kier alpha value is -2.82. The van der Waals surface area contributed by atoms with E-state index in [0.29, 0.717) is 28.6 Å². The first kappa shape index (κ1) is 29.4. The lowest BCUT2D eigenvalue weighted by Gasteiger charge is -2.17. The molecule has 196 valence electrons. The molecular weight excluding hydrogens is 476 g/mol. The summed E-state index contributed by atoms with van der Waals surface area (Å²) in [6.45, 7) is 2.85. The fourth-order valence-corrected chi connectivity index (χ4v) is 4.10. The molecule has 0 heterocycles. The number of carbonyl (C=O) groups excluding carboxylic acids is 1. The van der Waals surface area contributed by atoms with E-state index >= 15 is 0 Å². The van der Waals surface area contributed by atoms with Gasteiger partial charge in [0.05, 0.1) is 22.9 Å². The lowest BCUT2D eigenvalue weighted by molar-refractivity contribution is 0.0497. The second kappa shape index (κ2) is 16.8. The van der Waals surface area contributed by atoms with Gasteiger partial charge in [0, 0.05) is 37.5 Å². The number of benzene rings is 2. The summed E-state index contributed by atoms with van der Waals surface area (Å²) in [6, 6.07) is 10.2. The van der Waals surface area contributed by atoms with Crippen LogP contribution in [0.2, 0.25) is 5.02 Å². The highest BCUT2D eigenvalue weighted by Gasteiger charge is 2.14. The van der Waals surface area contributed by atoms with Crippen molar-refractivity contribution in [3.63, 3.8) is 0 Å². The third kappa shape index (κ3) is 10.4.